The zero-order valence-corrected chi connectivity index (χ0v) is 6.28. The van der Waals surface area contributed by atoms with Crippen molar-refractivity contribution in [2.45, 2.75) is 32.2 Å². The third-order valence-electron chi connectivity index (χ3n) is 1.56. The second-order valence-corrected chi connectivity index (χ2v) is 2.18. The Morgan fingerprint density at radius 3 is 2.67 bits per heavy atom. The quantitative estimate of drug-likeness (QED) is 0.540. The van der Waals surface area contributed by atoms with Gasteiger partial charge in [0.05, 0.1) is 0 Å². The van der Waals surface area contributed by atoms with Crippen LogP contribution >= 0.6 is 0 Å². The van der Waals surface area contributed by atoms with Crippen LogP contribution in [0.4, 0.5) is 0 Å². The van der Waals surface area contributed by atoms with Gasteiger partial charge in [-0.25, -0.2) is 0 Å². The summed E-state index contributed by atoms with van der Waals surface area (Å²) in [6.45, 7) is 2.16. The highest BCUT2D eigenvalue weighted by atomic mass is 14.9. The summed E-state index contributed by atoms with van der Waals surface area (Å²) in [5.41, 5.74) is 0. The standard InChI is InChI=1S/C7H16N2/c1-3-7(9-2)5-4-6-8/h6-9H,3-5H2,1-2H3. The van der Waals surface area contributed by atoms with Crippen molar-refractivity contribution < 1.29 is 0 Å². The molecule has 0 fully saturated rings. The van der Waals surface area contributed by atoms with Crippen molar-refractivity contribution >= 4 is 6.21 Å². The van der Waals surface area contributed by atoms with Crippen LogP contribution in [0.1, 0.15) is 26.2 Å². The summed E-state index contributed by atoms with van der Waals surface area (Å²) in [7, 11) is 1.97. The van der Waals surface area contributed by atoms with E-state index in [0.717, 1.165) is 19.3 Å². The minimum absolute atomic E-state index is 0.603. The van der Waals surface area contributed by atoms with E-state index in [0.29, 0.717) is 6.04 Å². The predicted molar refractivity (Wildman–Crippen MR) is 41.2 cm³/mol. The lowest BCUT2D eigenvalue weighted by Crippen LogP contribution is -2.23. The van der Waals surface area contributed by atoms with E-state index < -0.39 is 0 Å². The Morgan fingerprint density at radius 2 is 2.33 bits per heavy atom. The van der Waals surface area contributed by atoms with Gasteiger partial charge < -0.3 is 10.7 Å². The largest absolute Gasteiger partial charge is 0.317 e. The van der Waals surface area contributed by atoms with Gasteiger partial charge in [-0.2, -0.15) is 0 Å². The van der Waals surface area contributed by atoms with E-state index in [1.165, 1.54) is 6.21 Å². The van der Waals surface area contributed by atoms with Crippen LogP contribution in [0, 0.1) is 5.41 Å². The third kappa shape index (κ3) is 4.15. The molecule has 0 spiro atoms. The van der Waals surface area contributed by atoms with Crippen molar-refractivity contribution in [2.24, 2.45) is 0 Å². The van der Waals surface area contributed by atoms with E-state index in [9.17, 15) is 0 Å². The molecule has 0 saturated heterocycles. The lowest BCUT2D eigenvalue weighted by molar-refractivity contribution is 0.519. The van der Waals surface area contributed by atoms with Gasteiger partial charge in [-0.1, -0.05) is 6.92 Å². The van der Waals surface area contributed by atoms with Crippen LogP contribution in [0.15, 0.2) is 0 Å². The molecule has 2 N–H and O–H groups in total. The average molecular weight is 128 g/mol. The summed E-state index contributed by atoms with van der Waals surface area (Å²) in [6, 6.07) is 0.603. The molecule has 1 atom stereocenters. The second-order valence-electron chi connectivity index (χ2n) is 2.18. The van der Waals surface area contributed by atoms with Gasteiger partial charge in [0.15, 0.2) is 0 Å². The molecule has 0 aliphatic rings. The van der Waals surface area contributed by atoms with Gasteiger partial charge in [0, 0.05) is 6.04 Å². The maximum atomic E-state index is 6.79. The first-order chi connectivity index (χ1) is 4.35. The number of rotatable bonds is 5. The van der Waals surface area contributed by atoms with E-state index in [4.69, 9.17) is 5.41 Å². The average Bonchev–Trinajstić information content (AvgIpc) is 1.91. The highest BCUT2D eigenvalue weighted by molar-refractivity contribution is 5.52. The van der Waals surface area contributed by atoms with Crippen LogP contribution in [-0.4, -0.2) is 19.3 Å². The fourth-order valence-electron chi connectivity index (χ4n) is 0.837. The normalized spacial score (nSPS) is 13.1. The van der Waals surface area contributed by atoms with Crippen molar-refractivity contribution in [1.82, 2.24) is 5.32 Å². The van der Waals surface area contributed by atoms with Crippen LogP contribution in [0.3, 0.4) is 0 Å². The summed E-state index contributed by atoms with van der Waals surface area (Å²) < 4.78 is 0. The molecule has 0 amide bonds. The van der Waals surface area contributed by atoms with Crippen LogP contribution in [-0.2, 0) is 0 Å². The number of nitrogens with one attached hydrogen (secondary N) is 2. The zero-order valence-electron chi connectivity index (χ0n) is 6.28. The molecule has 9 heavy (non-hydrogen) atoms. The maximum absolute atomic E-state index is 6.79. The lowest BCUT2D eigenvalue weighted by Gasteiger charge is -2.10. The highest BCUT2D eigenvalue weighted by Crippen LogP contribution is 1.97. The van der Waals surface area contributed by atoms with Crippen molar-refractivity contribution in [2.75, 3.05) is 7.05 Å². The molecule has 0 aromatic heterocycles. The van der Waals surface area contributed by atoms with E-state index in [2.05, 4.69) is 12.2 Å². The molecule has 2 heteroatoms. The predicted octanol–water partition coefficient (Wildman–Crippen LogP) is 1.41. The van der Waals surface area contributed by atoms with Gasteiger partial charge >= 0.3 is 0 Å². The van der Waals surface area contributed by atoms with E-state index in [1.54, 1.807) is 0 Å². The van der Waals surface area contributed by atoms with Crippen LogP contribution < -0.4 is 5.32 Å². The Morgan fingerprint density at radius 1 is 1.67 bits per heavy atom. The minimum Gasteiger partial charge on any atom is -0.317 e. The molecule has 0 saturated carbocycles. The molecular formula is C7H16N2. The molecular weight excluding hydrogens is 112 g/mol. The van der Waals surface area contributed by atoms with Crippen molar-refractivity contribution in [3.05, 3.63) is 0 Å². The first-order valence-corrected chi connectivity index (χ1v) is 3.51. The molecule has 2 nitrogen and oxygen atoms in total. The summed E-state index contributed by atoms with van der Waals surface area (Å²) >= 11 is 0. The molecule has 1 unspecified atom stereocenters. The van der Waals surface area contributed by atoms with Crippen molar-refractivity contribution in [3.63, 3.8) is 0 Å². The van der Waals surface area contributed by atoms with E-state index >= 15 is 0 Å². The zero-order chi connectivity index (χ0) is 7.11. The Bertz CT molecular complexity index is 67.3. The topological polar surface area (TPSA) is 35.9 Å². The van der Waals surface area contributed by atoms with Crippen molar-refractivity contribution in [1.29, 1.82) is 5.41 Å². The Hall–Kier alpha value is -0.370. The van der Waals surface area contributed by atoms with Crippen LogP contribution in [0.5, 0.6) is 0 Å². The highest BCUT2D eigenvalue weighted by Gasteiger charge is 1.98. The summed E-state index contributed by atoms with van der Waals surface area (Å²) in [4.78, 5) is 0. The lowest BCUT2D eigenvalue weighted by atomic mass is 10.1. The van der Waals surface area contributed by atoms with Gasteiger partial charge in [-0.15, -0.1) is 0 Å². The fourth-order valence-corrected chi connectivity index (χ4v) is 0.837. The smallest absolute Gasteiger partial charge is 0.00649 e. The Kier molecular flexibility index (Phi) is 5.52. The molecule has 0 rings (SSSR count). The number of hydrogen-bond acceptors (Lipinski definition) is 2. The van der Waals surface area contributed by atoms with E-state index in [1.807, 2.05) is 7.05 Å². The van der Waals surface area contributed by atoms with Crippen LogP contribution in [0.2, 0.25) is 0 Å². The Balaban J connectivity index is 3.19. The fraction of sp³-hybridized carbons (Fsp3) is 0.857. The maximum Gasteiger partial charge on any atom is 0.00649 e. The molecule has 0 aromatic rings. The van der Waals surface area contributed by atoms with Gasteiger partial charge in [0.2, 0.25) is 0 Å². The van der Waals surface area contributed by atoms with Gasteiger partial charge in [0.1, 0.15) is 0 Å². The summed E-state index contributed by atoms with van der Waals surface area (Å²) in [5, 5.41) is 9.98. The Labute approximate surface area is 57.2 Å². The third-order valence-corrected chi connectivity index (χ3v) is 1.56. The summed E-state index contributed by atoms with van der Waals surface area (Å²) in [5.74, 6) is 0. The molecule has 0 bridgehead atoms. The second kappa shape index (κ2) is 5.76. The van der Waals surface area contributed by atoms with Gasteiger partial charge in [-0.3, -0.25) is 0 Å². The molecule has 0 radical (unpaired) electrons. The molecule has 0 heterocycles. The molecule has 54 valence electrons. The molecule has 0 aliphatic heterocycles. The first kappa shape index (κ1) is 8.63. The monoisotopic (exact) mass is 128 g/mol. The van der Waals surface area contributed by atoms with Gasteiger partial charge in [0.25, 0.3) is 0 Å². The van der Waals surface area contributed by atoms with Crippen LogP contribution in [0.25, 0.3) is 0 Å². The summed E-state index contributed by atoms with van der Waals surface area (Å²) in [6.07, 6.45) is 4.63. The van der Waals surface area contributed by atoms with Gasteiger partial charge in [-0.05, 0) is 32.5 Å². The first-order valence-electron chi connectivity index (χ1n) is 3.51. The SMILES string of the molecule is CCC(CCC=N)NC. The number of hydrogen-bond donors (Lipinski definition) is 2. The molecule has 0 aromatic carbocycles. The van der Waals surface area contributed by atoms with E-state index in [-0.39, 0.29) is 0 Å². The minimum atomic E-state index is 0.603. The molecule has 0 aliphatic carbocycles. The van der Waals surface area contributed by atoms with Crippen molar-refractivity contribution in [3.8, 4) is 0 Å².